The first-order valence-electron chi connectivity index (χ1n) is 5.93. The summed E-state index contributed by atoms with van der Waals surface area (Å²) in [5.41, 5.74) is 10.4. The zero-order chi connectivity index (χ0) is 13.1. The Morgan fingerprint density at radius 1 is 1.61 bits per heavy atom. The standard InChI is InChI=1S/C14H19N3O/c1-4-12(15)6-5-11(3)18-14-10(2)7-8-16-17-9-13(14)17/h4-8,13-14,16H,1-2,9,15H2,3H3/b11-5+,12-6+/t13-,14?,17?/m0/s1. The molecule has 96 valence electrons. The summed E-state index contributed by atoms with van der Waals surface area (Å²) in [6.45, 7) is 10.5. The molecule has 1 fully saturated rings. The molecule has 3 N–H and O–H groups in total. The third-order valence-electron chi connectivity index (χ3n) is 2.96. The average Bonchev–Trinajstić information content (AvgIpc) is 3.12. The summed E-state index contributed by atoms with van der Waals surface area (Å²) in [4.78, 5) is 0. The zero-order valence-electron chi connectivity index (χ0n) is 10.6. The molecule has 0 saturated carbocycles. The van der Waals surface area contributed by atoms with Crippen LogP contribution < -0.4 is 11.2 Å². The van der Waals surface area contributed by atoms with Gasteiger partial charge in [-0.25, -0.2) is 5.01 Å². The molecule has 0 bridgehead atoms. The number of allylic oxidation sites excluding steroid dienone is 4. The van der Waals surface area contributed by atoms with Gasteiger partial charge in [0.05, 0.1) is 11.8 Å². The minimum atomic E-state index is -0.00847. The van der Waals surface area contributed by atoms with Crippen molar-refractivity contribution in [1.82, 2.24) is 10.4 Å². The summed E-state index contributed by atoms with van der Waals surface area (Å²) in [5, 5.41) is 2.11. The van der Waals surface area contributed by atoms with Gasteiger partial charge < -0.3 is 15.9 Å². The summed E-state index contributed by atoms with van der Waals surface area (Å²) in [7, 11) is 0. The van der Waals surface area contributed by atoms with Gasteiger partial charge in [0.15, 0.2) is 0 Å². The summed E-state index contributed by atoms with van der Waals surface area (Å²) in [6.07, 6.45) is 9.05. The summed E-state index contributed by atoms with van der Waals surface area (Å²) in [5.74, 6) is 0.813. The topological polar surface area (TPSA) is 50.3 Å². The number of nitrogens with two attached hydrogens (primary N) is 1. The number of rotatable bonds is 4. The maximum Gasteiger partial charge on any atom is 0.141 e. The van der Waals surface area contributed by atoms with Gasteiger partial charge >= 0.3 is 0 Å². The first-order chi connectivity index (χ1) is 8.61. The Balaban J connectivity index is 2.02. The lowest BCUT2D eigenvalue weighted by atomic mass is 10.1. The first-order valence-corrected chi connectivity index (χ1v) is 5.93. The lowest BCUT2D eigenvalue weighted by Gasteiger charge is -2.18. The Kier molecular flexibility index (Phi) is 3.58. The molecular weight excluding hydrogens is 226 g/mol. The minimum absolute atomic E-state index is 0.00847. The summed E-state index contributed by atoms with van der Waals surface area (Å²) in [6, 6.07) is 0.358. The maximum absolute atomic E-state index is 5.93. The van der Waals surface area contributed by atoms with Crippen LogP contribution in [0.5, 0.6) is 0 Å². The highest BCUT2D eigenvalue weighted by molar-refractivity contribution is 5.27. The van der Waals surface area contributed by atoms with Crippen molar-refractivity contribution in [3.05, 3.63) is 60.7 Å². The molecule has 0 aromatic heterocycles. The van der Waals surface area contributed by atoms with Crippen molar-refractivity contribution in [3.63, 3.8) is 0 Å². The fourth-order valence-corrected chi connectivity index (χ4v) is 1.82. The van der Waals surface area contributed by atoms with Crippen LogP contribution in [0, 0.1) is 0 Å². The van der Waals surface area contributed by atoms with E-state index in [1.54, 1.807) is 12.2 Å². The van der Waals surface area contributed by atoms with E-state index in [2.05, 4.69) is 23.6 Å². The highest BCUT2D eigenvalue weighted by Crippen LogP contribution is 2.29. The van der Waals surface area contributed by atoms with Crippen LogP contribution in [0.15, 0.2) is 60.7 Å². The molecule has 0 aliphatic carbocycles. The van der Waals surface area contributed by atoms with Gasteiger partial charge in [0, 0.05) is 18.4 Å². The second-order valence-electron chi connectivity index (χ2n) is 4.44. The van der Waals surface area contributed by atoms with Crippen LogP contribution in [0.1, 0.15) is 6.92 Å². The number of nitrogens with one attached hydrogen (secondary N) is 1. The van der Waals surface area contributed by atoms with Crippen molar-refractivity contribution in [1.29, 1.82) is 0 Å². The minimum Gasteiger partial charge on any atom is -0.489 e. The van der Waals surface area contributed by atoms with Crippen LogP contribution in [0.2, 0.25) is 0 Å². The smallest absolute Gasteiger partial charge is 0.141 e. The number of hydrogen-bond donors (Lipinski definition) is 2. The molecule has 0 aromatic carbocycles. The van der Waals surface area contributed by atoms with Crippen LogP contribution in [0.25, 0.3) is 0 Å². The number of fused-ring (bicyclic) bond motifs is 1. The Morgan fingerprint density at radius 3 is 3.11 bits per heavy atom. The Bertz CT molecular complexity index is 448. The van der Waals surface area contributed by atoms with Crippen molar-refractivity contribution in [2.24, 2.45) is 5.73 Å². The molecular formula is C14H19N3O. The van der Waals surface area contributed by atoms with Gasteiger partial charge in [0.1, 0.15) is 6.10 Å². The van der Waals surface area contributed by atoms with Gasteiger partial charge in [-0.1, -0.05) is 13.2 Å². The van der Waals surface area contributed by atoms with Gasteiger partial charge in [0.2, 0.25) is 0 Å². The monoisotopic (exact) mass is 245 g/mol. The van der Waals surface area contributed by atoms with E-state index in [4.69, 9.17) is 10.5 Å². The highest BCUT2D eigenvalue weighted by atomic mass is 16.5. The predicted octanol–water partition coefficient (Wildman–Crippen LogP) is 1.58. The van der Waals surface area contributed by atoms with E-state index in [0.717, 1.165) is 17.9 Å². The Hall–Kier alpha value is -1.94. The number of nitrogens with zero attached hydrogens (tertiary/aromatic N) is 1. The van der Waals surface area contributed by atoms with Crippen LogP contribution >= 0.6 is 0 Å². The molecule has 0 spiro atoms. The third kappa shape index (κ3) is 2.84. The molecule has 2 unspecified atom stereocenters. The zero-order valence-corrected chi connectivity index (χ0v) is 10.6. The van der Waals surface area contributed by atoms with Gasteiger partial charge in [-0.05, 0) is 36.8 Å². The fourth-order valence-electron chi connectivity index (χ4n) is 1.82. The first kappa shape index (κ1) is 12.5. The number of hydrazine groups is 1. The van der Waals surface area contributed by atoms with Gasteiger partial charge in [0.25, 0.3) is 0 Å². The number of ether oxygens (including phenoxy) is 1. The normalized spacial score (nSPS) is 31.2. The van der Waals surface area contributed by atoms with Gasteiger partial charge in [-0.2, -0.15) is 0 Å². The molecule has 0 aromatic rings. The van der Waals surface area contributed by atoms with Crippen molar-refractivity contribution in [2.75, 3.05) is 6.54 Å². The predicted molar refractivity (Wildman–Crippen MR) is 73.0 cm³/mol. The molecule has 2 heterocycles. The van der Waals surface area contributed by atoms with Crippen LogP contribution in [0.4, 0.5) is 0 Å². The van der Waals surface area contributed by atoms with E-state index in [9.17, 15) is 0 Å². The summed E-state index contributed by atoms with van der Waals surface area (Å²) < 4.78 is 5.93. The molecule has 4 nitrogen and oxygen atoms in total. The quantitative estimate of drug-likeness (QED) is 0.448. The maximum atomic E-state index is 5.93. The van der Waals surface area contributed by atoms with Crippen LogP contribution in [-0.4, -0.2) is 23.7 Å². The van der Waals surface area contributed by atoms with Crippen LogP contribution in [-0.2, 0) is 4.74 Å². The lowest BCUT2D eigenvalue weighted by molar-refractivity contribution is 0.133. The second-order valence-corrected chi connectivity index (χ2v) is 4.44. The number of hydrogen-bond acceptors (Lipinski definition) is 4. The molecule has 0 amide bonds. The van der Waals surface area contributed by atoms with E-state index < -0.39 is 0 Å². The van der Waals surface area contributed by atoms with Crippen LogP contribution in [0.3, 0.4) is 0 Å². The summed E-state index contributed by atoms with van der Waals surface area (Å²) >= 11 is 0. The Morgan fingerprint density at radius 2 is 2.39 bits per heavy atom. The molecule has 3 atom stereocenters. The van der Waals surface area contributed by atoms with Gasteiger partial charge in [-0.15, -0.1) is 0 Å². The molecule has 1 saturated heterocycles. The van der Waals surface area contributed by atoms with Crippen molar-refractivity contribution >= 4 is 0 Å². The van der Waals surface area contributed by atoms with Crippen molar-refractivity contribution in [2.45, 2.75) is 19.1 Å². The van der Waals surface area contributed by atoms with E-state index in [0.29, 0.717) is 11.7 Å². The third-order valence-corrected chi connectivity index (χ3v) is 2.96. The fraction of sp³-hybridized carbons (Fsp3) is 0.286. The average molecular weight is 245 g/mol. The highest BCUT2D eigenvalue weighted by Gasteiger charge is 2.44. The Labute approximate surface area is 108 Å². The molecule has 2 aliphatic rings. The molecule has 2 rings (SSSR count). The molecule has 0 radical (unpaired) electrons. The molecule has 4 heteroatoms. The van der Waals surface area contributed by atoms with E-state index in [-0.39, 0.29) is 6.10 Å². The van der Waals surface area contributed by atoms with Gasteiger partial charge in [-0.3, -0.25) is 0 Å². The second kappa shape index (κ2) is 5.14. The molecule has 18 heavy (non-hydrogen) atoms. The SMILES string of the molecule is C=C/C(N)=C\C=C(/C)OC1C(=C)C=CNN2C[C@@H]12. The largest absolute Gasteiger partial charge is 0.489 e. The van der Waals surface area contributed by atoms with E-state index >= 15 is 0 Å². The molecule has 2 aliphatic heterocycles. The van der Waals surface area contributed by atoms with E-state index in [1.165, 1.54) is 0 Å². The van der Waals surface area contributed by atoms with E-state index in [1.807, 2.05) is 25.3 Å². The van der Waals surface area contributed by atoms with Crippen molar-refractivity contribution < 1.29 is 4.74 Å². The lowest BCUT2D eigenvalue weighted by Crippen LogP contribution is -2.25. The van der Waals surface area contributed by atoms with Crippen molar-refractivity contribution in [3.8, 4) is 0 Å².